The van der Waals surface area contributed by atoms with Gasteiger partial charge >= 0.3 is 5.97 Å². The average Bonchev–Trinajstić information content (AvgIpc) is 2.58. The number of carbonyl (C=O) groups is 1. The fourth-order valence-corrected chi connectivity index (χ4v) is 3.31. The molecule has 0 saturated heterocycles. The molecule has 24 heavy (non-hydrogen) atoms. The maximum Gasteiger partial charge on any atom is 0.303 e. The van der Waals surface area contributed by atoms with Gasteiger partial charge in [0.15, 0.2) is 0 Å². The Hall–Kier alpha value is -2.20. The number of anilines is 1. The molecule has 1 heterocycles. The molecule has 2 aromatic carbocycles. The molecule has 0 saturated carbocycles. The predicted molar refractivity (Wildman–Crippen MR) is 95.2 cm³/mol. The third-order valence-corrected chi connectivity index (χ3v) is 4.59. The zero-order chi connectivity index (χ0) is 17.1. The van der Waals surface area contributed by atoms with Crippen molar-refractivity contribution in [3.05, 3.63) is 58.1 Å². The number of rotatable bonds is 5. The molecule has 0 bridgehead atoms. The Kier molecular flexibility index (Phi) is 4.95. The Labute approximate surface area is 146 Å². The highest BCUT2D eigenvalue weighted by molar-refractivity contribution is 6.31. The van der Waals surface area contributed by atoms with E-state index in [2.05, 4.69) is 17.0 Å². The van der Waals surface area contributed by atoms with Crippen LogP contribution in [0, 0.1) is 0 Å². The molecule has 3 rings (SSSR count). The van der Waals surface area contributed by atoms with Crippen LogP contribution in [-0.4, -0.2) is 24.7 Å². The first-order valence-electron chi connectivity index (χ1n) is 7.97. The molecule has 0 radical (unpaired) electrons. The third-order valence-electron chi connectivity index (χ3n) is 4.37. The van der Waals surface area contributed by atoms with E-state index in [1.807, 2.05) is 18.2 Å². The number of fused-ring (bicyclic) bond motifs is 1. The van der Waals surface area contributed by atoms with Gasteiger partial charge in [-0.05, 0) is 41.7 Å². The van der Waals surface area contributed by atoms with Gasteiger partial charge in [0.25, 0.3) is 0 Å². The van der Waals surface area contributed by atoms with Crippen LogP contribution in [0.1, 0.15) is 23.1 Å². The van der Waals surface area contributed by atoms with Crippen molar-refractivity contribution in [1.29, 1.82) is 0 Å². The second-order valence-electron chi connectivity index (χ2n) is 6.02. The lowest BCUT2D eigenvalue weighted by Crippen LogP contribution is -2.30. The highest BCUT2D eigenvalue weighted by Crippen LogP contribution is 2.31. The molecule has 5 heteroatoms. The monoisotopic (exact) mass is 345 g/mol. The molecule has 4 nitrogen and oxygen atoms in total. The molecular formula is C19H20ClNO3. The van der Waals surface area contributed by atoms with Crippen LogP contribution < -0.4 is 9.64 Å². The van der Waals surface area contributed by atoms with E-state index in [1.165, 1.54) is 11.1 Å². The Balaban J connectivity index is 1.81. The Bertz CT molecular complexity index is 760. The second-order valence-corrected chi connectivity index (χ2v) is 6.45. The van der Waals surface area contributed by atoms with Gasteiger partial charge in [-0.1, -0.05) is 29.8 Å². The summed E-state index contributed by atoms with van der Waals surface area (Å²) in [6, 6.07) is 12.0. The van der Waals surface area contributed by atoms with Crippen LogP contribution in [0.3, 0.4) is 0 Å². The molecule has 0 atom stereocenters. The normalized spacial score (nSPS) is 13.5. The van der Waals surface area contributed by atoms with Crippen molar-refractivity contribution in [2.45, 2.75) is 25.8 Å². The summed E-state index contributed by atoms with van der Waals surface area (Å²) in [4.78, 5) is 13.0. The van der Waals surface area contributed by atoms with Gasteiger partial charge in [-0.3, -0.25) is 4.79 Å². The fourth-order valence-electron chi connectivity index (χ4n) is 3.09. The quantitative estimate of drug-likeness (QED) is 0.892. The van der Waals surface area contributed by atoms with Gasteiger partial charge < -0.3 is 14.7 Å². The van der Waals surface area contributed by atoms with Crippen molar-refractivity contribution < 1.29 is 14.6 Å². The molecule has 0 aromatic heterocycles. The van der Waals surface area contributed by atoms with Gasteiger partial charge in [-0.15, -0.1) is 0 Å². The van der Waals surface area contributed by atoms with Crippen LogP contribution in [-0.2, 0) is 24.2 Å². The first kappa shape index (κ1) is 16.7. The standard InChI is InChI=1S/C19H20ClNO3/c1-24-18-10-16(20)9-17(11-18)21-7-6-14-4-2-13(3-5-19(22)23)8-15(14)12-21/h2,4,8-11H,3,5-7,12H2,1H3,(H,22,23). The minimum atomic E-state index is -0.764. The number of nitrogens with zero attached hydrogens (tertiary/aromatic N) is 1. The lowest BCUT2D eigenvalue weighted by molar-refractivity contribution is -0.136. The first-order valence-corrected chi connectivity index (χ1v) is 8.35. The van der Waals surface area contributed by atoms with E-state index < -0.39 is 5.97 Å². The van der Waals surface area contributed by atoms with E-state index in [9.17, 15) is 4.79 Å². The second kappa shape index (κ2) is 7.14. The molecule has 2 aromatic rings. The summed E-state index contributed by atoms with van der Waals surface area (Å²) in [5.41, 5.74) is 4.70. The number of methoxy groups -OCH3 is 1. The van der Waals surface area contributed by atoms with Crippen LogP contribution in [0.5, 0.6) is 5.75 Å². The number of aliphatic carboxylic acids is 1. The van der Waals surface area contributed by atoms with Crippen molar-refractivity contribution >= 4 is 23.3 Å². The van der Waals surface area contributed by atoms with Gasteiger partial charge in [0.2, 0.25) is 0 Å². The smallest absolute Gasteiger partial charge is 0.303 e. The van der Waals surface area contributed by atoms with Crippen LogP contribution >= 0.6 is 11.6 Å². The number of benzene rings is 2. The van der Waals surface area contributed by atoms with Gasteiger partial charge in [0.1, 0.15) is 5.75 Å². The summed E-state index contributed by atoms with van der Waals surface area (Å²) < 4.78 is 5.30. The Morgan fingerprint density at radius 2 is 2.08 bits per heavy atom. The summed E-state index contributed by atoms with van der Waals surface area (Å²) in [5, 5.41) is 9.50. The van der Waals surface area contributed by atoms with Crippen molar-refractivity contribution in [2.24, 2.45) is 0 Å². The van der Waals surface area contributed by atoms with Gasteiger partial charge in [-0.2, -0.15) is 0 Å². The van der Waals surface area contributed by atoms with Crippen molar-refractivity contribution in [3.63, 3.8) is 0 Å². The molecule has 0 spiro atoms. The number of carboxylic acids is 1. The molecule has 0 fully saturated rings. The van der Waals surface area contributed by atoms with Crippen LogP contribution in [0.2, 0.25) is 5.02 Å². The number of halogens is 1. The molecular weight excluding hydrogens is 326 g/mol. The molecule has 126 valence electrons. The van der Waals surface area contributed by atoms with E-state index in [-0.39, 0.29) is 6.42 Å². The van der Waals surface area contributed by atoms with Crippen LogP contribution in [0.15, 0.2) is 36.4 Å². The number of hydrogen-bond acceptors (Lipinski definition) is 3. The maximum atomic E-state index is 10.8. The number of hydrogen-bond donors (Lipinski definition) is 1. The maximum absolute atomic E-state index is 10.8. The molecule has 0 amide bonds. The van der Waals surface area contributed by atoms with Gasteiger partial charge in [0, 0.05) is 36.3 Å². The Morgan fingerprint density at radius 3 is 2.83 bits per heavy atom. The van der Waals surface area contributed by atoms with Crippen molar-refractivity contribution in [2.75, 3.05) is 18.6 Å². The van der Waals surface area contributed by atoms with Gasteiger partial charge in [-0.25, -0.2) is 0 Å². The first-order chi connectivity index (χ1) is 11.5. The molecule has 1 N–H and O–H groups in total. The molecule has 1 aliphatic heterocycles. The zero-order valence-corrected chi connectivity index (χ0v) is 14.3. The van der Waals surface area contributed by atoms with E-state index >= 15 is 0 Å². The summed E-state index contributed by atoms with van der Waals surface area (Å²) >= 11 is 6.18. The minimum Gasteiger partial charge on any atom is -0.497 e. The van der Waals surface area contributed by atoms with E-state index in [4.69, 9.17) is 21.4 Å². The molecule has 0 unspecified atom stereocenters. The minimum absolute atomic E-state index is 0.161. The summed E-state index contributed by atoms with van der Waals surface area (Å²) in [7, 11) is 1.63. The Morgan fingerprint density at radius 1 is 1.25 bits per heavy atom. The third kappa shape index (κ3) is 3.82. The molecule has 0 aliphatic carbocycles. The van der Waals surface area contributed by atoms with Crippen LogP contribution in [0.25, 0.3) is 0 Å². The van der Waals surface area contributed by atoms with Crippen LogP contribution in [0.4, 0.5) is 5.69 Å². The van der Waals surface area contributed by atoms with Crippen molar-refractivity contribution in [3.8, 4) is 5.75 Å². The average molecular weight is 346 g/mol. The summed E-state index contributed by atoms with van der Waals surface area (Å²) in [6.45, 7) is 1.71. The predicted octanol–water partition coefficient (Wildman–Crippen LogP) is 3.93. The lowest BCUT2D eigenvalue weighted by atomic mass is 9.95. The zero-order valence-electron chi connectivity index (χ0n) is 13.6. The topological polar surface area (TPSA) is 49.8 Å². The number of ether oxygens (including phenoxy) is 1. The largest absolute Gasteiger partial charge is 0.497 e. The fraction of sp³-hybridized carbons (Fsp3) is 0.316. The van der Waals surface area contributed by atoms with E-state index in [0.29, 0.717) is 11.4 Å². The van der Waals surface area contributed by atoms with E-state index in [1.54, 1.807) is 13.2 Å². The summed E-state index contributed by atoms with van der Waals surface area (Å²) in [5.74, 6) is -0.0149. The lowest BCUT2D eigenvalue weighted by Gasteiger charge is -2.31. The molecule has 1 aliphatic rings. The van der Waals surface area contributed by atoms with Gasteiger partial charge in [0.05, 0.1) is 7.11 Å². The highest BCUT2D eigenvalue weighted by atomic mass is 35.5. The van der Waals surface area contributed by atoms with E-state index in [0.717, 1.165) is 36.5 Å². The number of aryl methyl sites for hydroxylation is 1. The number of carboxylic acid groups (broad SMARTS) is 1. The SMILES string of the molecule is COc1cc(Cl)cc(N2CCc3ccc(CCC(=O)O)cc3C2)c1. The summed E-state index contributed by atoms with van der Waals surface area (Å²) in [6.07, 6.45) is 1.69. The highest BCUT2D eigenvalue weighted by Gasteiger charge is 2.18. The van der Waals surface area contributed by atoms with Crippen molar-refractivity contribution in [1.82, 2.24) is 0 Å².